The number of carbonyl (C=O) groups excluding carboxylic acids is 1. The van der Waals surface area contributed by atoms with Gasteiger partial charge < -0.3 is 14.0 Å². The highest BCUT2D eigenvalue weighted by atomic mass is 35.5. The third kappa shape index (κ3) is 4.30. The minimum Gasteiger partial charge on any atom is -0.488 e. The summed E-state index contributed by atoms with van der Waals surface area (Å²) in [6, 6.07) is 14.8. The van der Waals surface area contributed by atoms with Gasteiger partial charge in [-0.25, -0.2) is 5.43 Å². The van der Waals surface area contributed by atoms with Crippen LogP contribution in [0.4, 0.5) is 0 Å². The quantitative estimate of drug-likeness (QED) is 0.493. The van der Waals surface area contributed by atoms with Crippen molar-refractivity contribution in [2.24, 2.45) is 5.10 Å². The fraction of sp³-hybridized carbons (Fsp3) is 0.0952. The van der Waals surface area contributed by atoms with Gasteiger partial charge in [-0.2, -0.15) is 5.10 Å². The zero-order chi connectivity index (χ0) is 20.1. The van der Waals surface area contributed by atoms with Gasteiger partial charge in [-0.1, -0.05) is 47.1 Å². The van der Waals surface area contributed by atoms with Crippen LogP contribution in [0.5, 0.6) is 11.5 Å². The number of para-hydroxylation sites is 2. The molecule has 146 valence electrons. The van der Waals surface area contributed by atoms with Gasteiger partial charge >= 0.3 is 0 Å². The van der Waals surface area contributed by atoms with Crippen LogP contribution in [0.15, 0.2) is 76.2 Å². The third-order valence-electron chi connectivity index (χ3n) is 4.19. The van der Waals surface area contributed by atoms with Gasteiger partial charge in [0.25, 0.3) is 5.91 Å². The zero-order valence-corrected chi connectivity index (χ0v) is 15.9. The Balaban J connectivity index is 1.36. The molecule has 1 aromatic heterocycles. The summed E-state index contributed by atoms with van der Waals surface area (Å²) in [6.45, 7) is 0.0730. The molecule has 1 N–H and O–H groups in total. The number of hydrogen-bond acceptors (Lipinski definition) is 6. The van der Waals surface area contributed by atoms with Crippen molar-refractivity contribution in [3.8, 4) is 22.6 Å². The number of nitrogens with one attached hydrogen (secondary N) is 1. The summed E-state index contributed by atoms with van der Waals surface area (Å²) in [5, 5.41) is 8.18. The second-order valence-corrected chi connectivity index (χ2v) is 6.49. The van der Waals surface area contributed by atoms with Gasteiger partial charge in [0.15, 0.2) is 6.61 Å². The number of ether oxygens (including phenoxy) is 2. The molecular weight excluding hydrogens is 394 g/mol. The number of fused-ring (bicyclic) bond motifs is 1. The first kappa shape index (κ1) is 18.8. The highest BCUT2D eigenvalue weighted by Crippen LogP contribution is 2.34. The summed E-state index contributed by atoms with van der Waals surface area (Å²) in [7, 11) is 0. The van der Waals surface area contributed by atoms with Crippen molar-refractivity contribution in [3.05, 3.63) is 72.1 Å². The van der Waals surface area contributed by atoms with Gasteiger partial charge in [-0.15, -0.1) is 0 Å². The van der Waals surface area contributed by atoms with Crippen LogP contribution >= 0.6 is 11.6 Å². The molecule has 2 aromatic carbocycles. The van der Waals surface area contributed by atoms with E-state index in [9.17, 15) is 4.79 Å². The molecule has 0 radical (unpaired) electrons. The lowest BCUT2D eigenvalue weighted by Crippen LogP contribution is -2.25. The van der Waals surface area contributed by atoms with Crippen molar-refractivity contribution in [2.45, 2.75) is 0 Å². The van der Waals surface area contributed by atoms with Crippen LogP contribution in [0.1, 0.15) is 5.56 Å². The molecule has 1 amide bonds. The van der Waals surface area contributed by atoms with E-state index in [0.717, 1.165) is 22.4 Å². The van der Waals surface area contributed by atoms with Crippen LogP contribution in [0.25, 0.3) is 16.2 Å². The standard InChI is InChI=1S/C21H16ClN3O4/c22-21-15(11-27-19-8-4-2-6-17(19)21)9-23-25-20(26)13-28-18-7-3-1-5-16(18)14-10-24-29-12-14/h1-10,12H,11,13H2,(H,25,26). The molecule has 8 heteroatoms. The van der Waals surface area contributed by atoms with E-state index < -0.39 is 5.91 Å². The second kappa shape index (κ2) is 8.62. The Morgan fingerprint density at radius 3 is 2.83 bits per heavy atom. The van der Waals surface area contributed by atoms with Crippen LogP contribution in [0.2, 0.25) is 0 Å². The van der Waals surface area contributed by atoms with E-state index in [1.165, 1.54) is 12.5 Å². The zero-order valence-electron chi connectivity index (χ0n) is 15.2. The molecule has 0 saturated heterocycles. The number of rotatable bonds is 6. The van der Waals surface area contributed by atoms with Gasteiger partial charge in [0, 0.05) is 22.3 Å². The number of carbonyl (C=O) groups is 1. The Morgan fingerprint density at radius 1 is 1.21 bits per heavy atom. The van der Waals surface area contributed by atoms with E-state index in [0.29, 0.717) is 16.4 Å². The molecule has 0 bridgehead atoms. The van der Waals surface area contributed by atoms with Crippen LogP contribution in [0, 0.1) is 0 Å². The fourth-order valence-corrected chi connectivity index (χ4v) is 3.05. The van der Waals surface area contributed by atoms with E-state index in [2.05, 4.69) is 15.7 Å². The number of hydrogen-bond donors (Lipinski definition) is 1. The molecule has 29 heavy (non-hydrogen) atoms. The molecule has 1 aliphatic heterocycles. The van der Waals surface area contributed by atoms with Crippen LogP contribution < -0.4 is 14.9 Å². The normalized spacial score (nSPS) is 13.1. The maximum Gasteiger partial charge on any atom is 0.277 e. The molecular formula is C21H16ClN3O4. The summed E-state index contributed by atoms with van der Waals surface area (Å²) in [6.07, 6.45) is 4.56. The molecule has 0 unspecified atom stereocenters. The topological polar surface area (TPSA) is 86.0 Å². The maximum atomic E-state index is 12.1. The van der Waals surface area contributed by atoms with Gasteiger partial charge in [0.1, 0.15) is 24.4 Å². The van der Waals surface area contributed by atoms with Gasteiger partial charge in [-0.05, 0) is 18.2 Å². The molecule has 7 nitrogen and oxygen atoms in total. The number of benzene rings is 2. The van der Waals surface area contributed by atoms with Crippen LogP contribution in [-0.2, 0) is 4.79 Å². The number of nitrogens with zero attached hydrogens (tertiary/aromatic N) is 2. The molecule has 0 aliphatic carbocycles. The number of hydrazone groups is 1. The lowest BCUT2D eigenvalue weighted by molar-refractivity contribution is -0.123. The average molecular weight is 410 g/mol. The van der Waals surface area contributed by atoms with Gasteiger partial charge in [0.05, 0.1) is 17.4 Å². The number of aromatic nitrogens is 1. The molecule has 0 saturated carbocycles. The largest absolute Gasteiger partial charge is 0.488 e. The van der Waals surface area contributed by atoms with Gasteiger partial charge in [0.2, 0.25) is 0 Å². The Hall–Kier alpha value is -3.58. The van der Waals surface area contributed by atoms with Crippen molar-refractivity contribution < 1.29 is 18.8 Å². The molecule has 0 fully saturated rings. The van der Waals surface area contributed by atoms with Crippen molar-refractivity contribution >= 4 is 28.8 Å². The Labute approximate surface area is 171 Å². The summed E-state index contributed by atoms with van der Waals surface area (Å²) in [5.41, 5.74) is 5.43. The summed E-state index contributed by atoms with van der Waals surface area (Å²) in [5.74, 6) is 0.853. The molecule has 2 heterocycles. The first-order chi connectivity index (χ1) is 14.2. The predicted molar refractivity (Wildman–Crippen MR) is 109 cm³/mol. The Kier molecular flexibility index (Phi) is 5.58. The van der Waals surface area contributed by atoms with Crippen LogP contribution in [0.3, 0.4) is 0 Å². The van der Waals surface area contributed by atoms with Crippen molar-refractivity contribution in [2.75, 3.05) is 13.2 Å². The van der Waals surface area contributed by atoms with Crippen molar-refractivity contribution in [1.29, 1.82) is 0 Å². The lowest BCUT2D eigenvalue weighted by atomic mass is 10.1. The fourth-order valence-electron chi connectivity index (χ4n) is 2.79. The van der Waals surface area contributed by atoms with E-state index in [4.69, 9.17) is 25.6 Å². The molecule has 0 spiro atoms. The maximum absolute atomic E-state index is 12.1. The highest BCUT2D eigenvalue weighted by molar-refractivity contribution is 6.51. The molecule has 1 aliphatic rings. The second-order valence-electron chi connectivity index (χ2n) is 6.12. The van der Waals surface area contributed by atoms with E-state index >= 15 is 0 Å². The summed E-state index contributed by atoms with van der Waals surface area (Å²) < 4.78 is 16.1. The highest BCUT2D eigenvalue weighted by Gasteiger charge is 2.17. The first-order valence-corrected chi connectivity index (χ1v) is 9.14. The smallest absolute Gasteiger partial charge is 0.277 e. The SMILES string of the molecule is O=C(COc1ccccc1-c1cnoc1)NN=CC1=C(Cl)c2ccccc2OC1. The number of amides is 1. The van der Waals surface area contributed by atoms with E-state index in [-0.39, 0.29) is 13.2 Å². The Bertz CT molecular complexity index is 1080. The first-order valence-electron chi connectivity index (χ1n) is 8.76. The summed E-state index contributed by atoms with van der Waals surface area (Å²) >= 11 is 6.39. The minimum atomic E-state index is -0.407. The van der Waals surface area contributed by atoms with E-state index in [1.54, 1.807) is 12.3 Å². The molecule has 3 aromatic rings. The Morgan fingerprint density at radius 2 is 2.00 bits per heavy atom. The average Bonchev–Trinajstić information content (AvgIpc) is 3.29. The van der Waals surface area contributed by atoms with E-state index in [1.807, 2.05) is 42.5 Å². The van der Waals surface area contributed by atoms with Gasteiger partial charge in [-0.3, -0.25) is 4.79 Å². The van der Waals surface area contributed by atoms with Crippen LogP contribution in [-0.4, -0.2) is 30.5 Å². The molecule has 4 rings (SSSR count). The van der Waals surface area contributed by atoms with Crippen molar-refractivity contribution in [1.82, 2.24) is 10.6 Å². The lowest BCUT2D eigenvalue weighted by Gasteiger charge is -2.18. The number of halogens is 1. The summed E-state index contributed by atoms with van der Waals surface area (Å²) in [4.78, 5) is 12.1. The predicted octanol–water partition coefficient (Wildman–Crippen LogP) is 3.86. The monoisotopic (exact) mass is 409 g/mol. The minimum absolute atomic E-state index is 0.203. The third-order valence-corrected chi connectivity index (χ3v) is 4.63. The van der Waals surface area contributed by atoms with Crippen molar-refractivity contribution in [3.63, 3.8) is 0 Å². The molecule has 0 atom stereocenters.